The molecule has 96 valence electrons. The Labute approximate surface area is 118 Å². The Morgan fingerprint density at radius 2 is 2.05 bits per heavy atom. The van der Waals surface area contributed by atoms with E-state index in [-0.39, 0.29) is 12.1 Å². The molecule has 3 rings (SSSR count). The number of nitrogens with zero attached hydrogens (tertiary/aromatic N) is 1. The van der Waals surface area contributed by atoms with Crippen LogP contribution in [0.25, 0.3) is 0 Å². The highest BCUT2D eigenvalue weighted by atomic mass is 79.9. The number of pyridine rings is 1. The average Bonchev–Trinajstić information content (AvgIpc) is 2.82. The summed E-state index contributed by atoms with van der Waals surface area (Å²) in [5, 5.41) is 2.84. The van der Waals surface area contributed by atoms with E-state index < -0.39 is 6.09 Å². The first-order chi connectivity index (χ1) is 9.24. The first-order valence-electron chi connectivity index (χ1n) is 5.86. The summed E-state index contributed by atoms with van der Waals surface area (Å²) in [6, 6.07) is 11.4. The molecular weight excluding hydrogens is 308 g/mol. The van der Waals surface area contributed by atoms with Crippen molar-refractivity contribution in [3.8, 4) is 0 Å². The maximum atomic E-state index is 11.5. The Bertz CT molecular complexity index is 603. The maximum Gasteiger partial charge on any atom is 0.408 e. The van der Waals surface area contributed by atoms with Crippen molar-refractivity contribution in [1.82, 2.24) is 10.3 Å². The van der Waals surface area contributed by atoms with Crippen molar-refractivity contribution in [3.05, 3.63) is 64.4 Å². The Balaban J connectivity index is 1.97. The second kappa shape index (κ2) is 5.01. The minimum Gasteiger partial charge on any atom is -0.439 e. The molecule has 1 amide bonds. The van der Waals surface area contributed by atoms with Crippen molar-refractivity contribution in [2.24, 2.45) is 0 Å². The van der Waals surface area contributed by atoms with Gasteiger partial charge < -0.3 is 10.1 Å². The third kappa shape index (κ3) is 2.46. The smallest absolute Gasteiger partial charge is 0.408 e. The van der Waals surface area contributed by atoms with Crippen LogP contribution in [0, 0.1) is 0 Å². The molecule has 1 N–H and O–H groups in total. The number of alkyl carbamates (subject to hydrolysis) is 1. The lowest BCUT2D eigenvalue weighted by Gasteiger charge is -2.17. The molecule has 2 aromatic rings. The largest absolute Gasteiger partial charge is 0.439 e. The molecule has 4 nitrogen and oxygen atoms in total. The van der Waals surface area contributed by atoms with Gasteiger partial charge in [0.15, 0.2) is 6.10 Å². The van der Waals surface area contributed by atoms with Crippen LogP contribution in [0.1, 0.15) is 23.3 Å². The number of benzene rings is 1. The second-order valence-corrected chi connectivity index (χ2v) is 5.20. The van der Waals surface area contributed by atoms with Gasteiger partial charge in [-0.3, -0.25) is 4.98 Å². The van der Waals surface area contributed by atoms with Crippen LogP contribution in [0.3, 0.4) is 0 Å². The van der Waals surface area contributed by atoms with Crippen molar-refractivity contribution in [2.75, 3.05) is 0 Å². The molecule has 1 unspecified atom stereocenters. The molecule has 0 radical (unpaired) electrons. The summed E-state index contributed by atoms with van der Waals surface area (Å²) in [4.78, 5) is 15.6. The standard InChI is InChI=1S/C14H11BrN2O2/c15-11-5-1-3-9(7-11)12-13(19-14(18)17-12)10-4-2-6-16-8-10/h1-8,12-13H,(H,17,18)/t12-,13?/m1/s1. The van der Waals surface area contributed by atoms with Crippen molar-refractivity contribution >= 4 is 22.0 Å². The molecule has 2 heterocycles. The number of hydrogen-bond donors (Lipinski definition) is 1. The van der Waals surface area contributed by atoms with E-state index in [4.69, 9.17) is 4.74 Å². The minimum atomic E-state index is -0.404. The molecule has 0 aliphatic carbocycles. The van der Waals surface area contributed by atoms with E-state index in [9.17, 15) is 4.79 Å². The summed E-state index contributed by atoms with van der Waals surface area (Å²) in [7, 11) is 0. The average molecular weight is 319 g/mol. The highest BCUT2D eigenvalue weighted by Crippen LogP contribution is 2.36. The molecule has 1 aliphatic heterocycles. The maximum absolute atomic E-state index is 11.5. The zero-order valence-electron chi connectivity index (χ0n) is 9.92. The number of nitrogens with one attached hydrogen (secondary N) is 1. The van der Waals surface area contributed by atoms with Crippen LogP contribution in [0.4, 0.5) is 4.79 Å². The van der Waals surface area contributed by atoms with Gasteiger partial charge in [-0.2, -0.15) is 0 Å². The molecule has 1 aliphatic rings. The number of hydrogen-bond acceptors (Lipinski definition) is 3. The number of aromatic nitrogens is 1. The first-order valence-corrected chi connectivity index (χ1v) is 6.66. The normalized spacial score (nSPS) is 21.8. The van der Waals surface area contributed by atoms with E-state index in [1.54, 1.807) is 12.4 Å². The molecule has 1 aromatic carbocycles. The van der Waals surface area contributed by atoms with E-state index >= 15 is 0 Å². The molecule has 19 heavy (non-hydrogen) atoms. The highest BCUT2D eigenvalue weighted by Gasteiger charge is 2.36. The number of ether oxygens (including phenoxy) is 1. The van der Waals surface area contributed by atoms with Crippen molar-refractivity contribution in [1.29, 1.82) is 0 Å². The van der Waals surface area contributed by atoms with E-state index in [0.717, 1.165) is 15.6 Å². The molecule has 1 saturated heterocycles. The Morgan fingerprint density at radius 3 is 2.79 bits per heavy atom. The quantitative estimate of drug-likeness (QED) is 0.923. The van der Waals surface area contributed by atoms with Gasteiger partial charge in [0.1, 0.15) is 0 Å². The van der Waals surface area contributed by atoms with Gasteiger partial charge in [-0.15, -0.1) is 0 Å². The van der Waals surface area contributed by atoms with Crippen LogP contribution in [-0.4, -0.2) is 11.1 Å². The molecular formula is C14H11BrN2O2. The van der Waals surface area contributed by atoms with Gasteiger partial charge in [0.25, 0.3) is 0 Å². The molecule has 0 bridgehead atoms. The minimum absolute atomic E-state index is 0.200. The lowest BCUT2D eigenvalue weighted by molar-refractivity contribution is 0.132. The SMILES string of the molecule is O=C1N[C@H](c2cccc(Br)c2)C(c2cccnc2)O1. The summed E-state index contributed by atoms with van der Waals surface area (Å²) in [5.41, 5.74) is 1.87. The van der Waals surface area contributed by atoms with Crippen LogP contribution in [-0.2, 0) is 4.74 Å². The van der Waals surface area contributed by atoms with E-state index in [1.807, 2.05) is 36.4 Å². The van der Waals surface area contributed by atoms with Crippen LogP contribution in [0.5, 0.6) is 0 Å². The third-order valence-corrected chi connectivity index (χ3v) is 3.52. The van der Waals surface area contributed by atoms with E-state index in [1.165, 1.54) is 0 Å². The lowest BCUT2D eigenvalue weighted by atomic mass is 9.98. The van der Waals surface area contributed by atoms with Crippen molar-refractivity contribution < 1.29 is 9.53 Å². The van der Waals surface area contributed by atoms with E-state index in [2.05, 4.69) is 26.2 Å². The molecule has 0 saturated carbocycles. The summed E-state index contributed by atoms with van der Waals surface area (Å²) < 4.78 is 6.32. The number of amides is 1. The second-order valence-electron chi connectivity index (χ2n) is 4.29. The van der Waals surface area contributed by atoms with Crippen LogP contribution >= 0.6 is 15.9 Å². The first kappa shape index (κ1) is 12.2. The van der Waals surface area contributed by atoms with Gasteiger partial charge in [-0.25, -0.2) is 4.79 Å². The summed E-state index contributed by atoms with van der Waals surface area (Å²) in [6.45, 7) is 0. The number of rotatable bonds is 2. The van der Waals surface area contributed by atoms with Gasteiger partial charge >= 0.3 is 6.09 Å². The van der Waals surface area contributed by atoms with Crippen LogP contribution in [0.15, 0.2) is 53.3 Å². The van der Waals surface area contributed by atoms with Crippen molar-refractivity contribution in [2.45, 2.75) is 12.1 Å². The topological polar surface area (TPSA) is 51.2 Å². The molecule has 5 heteroatoms. The fraction of sp³-hybridized carbons (Fsp3) is 0.143. The van der Waals surface area contributed by atoms with Gasteiger partial charge in [-0.05, 0) is 23.8 Å². The summed E-state index contributed by atoms with van der Waals surface area (Å²) >= 11 is 3.43. The van der Waals surface area contributed by atoms with Crippen LogP contribution < -0.4 is 5.32 Å². The number of cyclic esters (lactones) is 1. The Morgan fingerprint density at radius 1 is 1.21 bits per heavy atom. The predicted octanol–water partition coefficient (Wildman–Crippen LogP) is 3.37. The zero-order chi connectivity index (χ0) is 13.2. The summed E-state index contributed by atoms with van der Waals surface area (Å²) in [5.74, 6) is 0. The Hall–Kier alpha value is -1.88. The third-order valence-electron chi connectivity index (χ3n) is 3.03. The van der Waals surface area contributed by atoms with Crippen LogP contribution in [0.2, 0.25) is 0 Å². The van der Waals surface area contributed by atoms with E-state index in [0.29, 0.717) is 0 Å². The summed E-state index contributed by atoms with van der Waals surface area (Å²) in [6.07, 6.45) is 2.66. The molecule has 1 fully saturated rings. The molecule has 1 aromatic heterocycles. The lowest BCUT2D eigenvalue weighted by Crippen LogP contribution is -2.19. The van der Waals surface area contributed by atoms with Gasteiger partial charge in [0.2, 0.25) is 0 Å². The monoisotopic (exact) mass is 318 g/mol. The number of carbonyl (C=O) groups excluding carboxylic acids is 1. The van der Waals surface area contributed by atoms with Crippen molar-refractivity contribution in [3.63, 3.8) is 0 Å². The Kier molecular flexibility index (Phi) is 3.21. The van der Waals surface area contributed by atoms with Gasteiger partial charge in [-0.1, -0.05) is 34.1 Å². The molecule has 0 spiro atoms. The predicted molar refractivity (Wildman–Crippen MR) is 73.5 cm³/mol. The fourth-order valence-corrected chi connectivity index (χ4v) is 2.60. The zero-order valence-corrected chi connectivity index (χ0v) is 11.5. The number of halogens is 1. The van der Waals surface area contributed by atoms with Gasteiger partial charge in [0, 0.05) is 22.4 Å². The van der Waals surface area contributed by atoms with Gasteiger partial charge in [0.05, 0.1) is 6.04 Å². The number of carbonyl (C=O) groups is 1. The molecule has 2 atom stereocenters. The fourth-order valence-electron chi connectivity index (χ4n) is 2.18. The highest BCUT2D eigenvalue weighted by molar-refractivity contribution is 9.10.